The number of fused-ring (bicyclic) bond motifs is 1. The molecule has 0 unspecified atom stereocenters. The van der Waals surface area contributed by atoms with Gasteiger partial charge in [-0.15, -0.1) is 0 Å². The molecule has 0 amide bonds. The lowest BCUT2D eigenvalue weighted by atomic mass is 9.91. The van der Waals surface area contributed by atoms with Crippen molar-refractivity contribution in [2.24, 2.45) is 0 Å². The summed E-state index contributed by atoms with van der Waals surface area (Å²) < 4.78 is 0. The molecule has 0 bridgehead atoms. The van der Waals surface area contributed by atoms with Gasteiger partial charge in [0, 0.05) is 0 Å². The number of benzene rings is 2. The zero-order valence-electron chi connectivity index (χ0n) is 12.6. The molecule has 0 aliphatic carbocycles. The van der Waals surface area contributed by atoms with Gasteiger partial charge in [0.15, 0.2) is 0 Å². The first-order valence-corrected chi connectivity index (χ1v) is 7.57. The first-order chi connectivity index (χ1) is 10.6. The van der Waals surface area contributed by atoms with Crippen LogP contribution in [0.3, 0.4) is 0 Å². The molecule has 0 aliphatic rings. The monoisotopic (exact) mass is 300 g/mol. The van der Waals surface area contributed by atoms with E-state index in [1.54, 1.807) is 12.1 Å². The minimum absolute atomic E-state index is 0.0669. The molecule has 2 aromatic carbocycles. The van der Waals surface area contributed by atoms with E-state index < -0.39 is 11.9 Å². The second kappa shape index (κ2) is 7.07. The van der Waals surface area contributed by atoms with E-state index in [0.29, 0.717) is 17.4 Å². The highest BCUT2D eigenvalue weighted by Crippen LogP contribution is 2.28. The van der Waals surface area contributed by atoms with E-state index in [1.165, 1.54) is 0 Å². The maximum absolute atomic E-state index is 11.6. The van der Waals surface area contributed by atoms with Crippen LogP contribution in [-0.4, -0.2) is 22.2 Å². The van der Waals surface area contributed by atoms with Gasteiger partial charge in [-0.05, 0) is 29.2 Å². The molecular formula is C18H20O4. The lowest BCUT2D eigenvalue weighted by molar-refractivity contribution is 0.0652. The van der Waals surface area contributed by atoms with Crippen LogP contribution < -0.4 is 0 Å². The Morgan fingerprint density at radius 3 is 2.27 bits per heavy atom. The van der Waals surface area contributed by atoms with Crippen molar-refractivity contribution in [1.82, 2.24) is 0 Å². The second-order valence-electron chi connectivity index (χ2n) is 5.43. The Morgan fingerprint density at radius 1 is 0.955 bits per heavy atom. The normalized spacial score (nSPS) is 10.8. The van der Waals surface area contributed by atoms with Gasteiger partial charge < -0.3 is 10.2 Å². The van der Waals surface area contributed by atoms with Crippen LogP contribution in [0.5, 0.6) is 0 Å². The Balaban J connectivity index is 2.56. The fourth-order valence-corrected chi connectivity index (χ4v) is 2.81. The quantitative estimate of drug-likeness (QED) is 0.745. The van der Waals surface area contributed by atoms with E-state index in [1.807, 2.05) is 18.2 Å². The summed E-state index contributed by atoms with van der Waals surface area (Å²) in [6, 6.07) is 8.85. The van der Waals surface area contributed by atoms with Gasteiger partial charge in [-0.25, -0.2) is 9.59 Å². The summed E-state index contributed by atoms with van der Waals surface area (Å²) in [5.41, 5.74) is 0.443. The Hall–Kier alpha value is -2.36. The van der Waals surface area contributed by atoms with Crippen LogP contribution in [0.2, 0.25) is 0 Å². The smallest absolute Gasteiger partial charge is 0.337 e. The van der Waals surface area contributed by atoms with E-state index in [2.05, 4.69) is 6.92 Å². The molecule has 2 rings (SSSR count). The van der Waals surface area contributed by atoms with Crippen LogP contribution in [0.1, 0.15) is 58.9 Å². The lowest BCUT2D eigenvalue weighted by Crippen LogP contribution is -2.12. The van der Waals surface area contributed by atoms with Crippen molar-refractivity contribution in [3.05, 3.63) is 47.0 Å². The Labute approximate surface area is 129 Å². The fraction of sp³-hybridized carbons (Fsp3) is 0.333. The summed E-state index contributed by atoms with van der Waals surface area (Å²) in [7, 11) is 0. The van der Waals surface area contributed by atoms with Gasteiger partial charge in [-0.2, -0.15) is 0 Å². The summed E-state index contributed by atoms with van der Waals surface area (Å²) in [5, 5.41) is 20.2. The summed E-state index contributed by atoms with van der Waals surface area (Å²) in [5.74, 6) is -2.36. The van der Waals surface area contributed by atoms with Crippen LogP contribution >= 0.6 is 0 Å². The number of carboxylic acids is 2. The highest BCUT2D eigenvalue weighted by molar-refractivity contribution is 6.12. The molecule has 22 heavy (non-hydrogen) atoms. The molecule has 4 nitrogen and oxygen atoms in total. The zero-order chi connectivity index (χ0) is 16.1. The highest BCUT2D eigenvalue weighted by atomic mass is 16.4. The maximum Gasteiger partial charge on any atom is 0.337 e. The van der Waals surface area contributed by atoms with Gasteiger partial charge in [-0.3, -0.25) is 0 Å². The highest BCUT2D eigenvalue weighted by Gasteiger charge is 2.23. The van der Waals surface area contributed by atoms with Gasteiger partial charge in [-0.1, -0.05) is 56.5 Å². The molecule has 0 fully saturated rings. The first kappa shape index (κ1) is 16.0. The van der Waals surface area contributed by atoms with Gasteiger partial charge in [0.05, 0.1) is 11.1 Å². The minimum atomic E-state index is -1.19. The van der Waals surface area contributed by atoms with E-state index >= 15 is 0 Å². The van der Waals surface area contributed by atoms with Crippen molar-refractivity contribution >= 4 is 22.7 Å². The summed E-state index contributed by atoms with van der Waals surface area (Å²) >= 11 is 0. The van der Waals surface area contributed by atoms with Gasteiger partial charge in [0.25, 0.3) is 0 Å². The standard InChI is InChI=1S/C18H20O4/c1-2-3-4-5-9-13-11-12-8-6-7-10-14(12)16(18(21)22)15(13)17(19)20/h6-8,10-11H,2-5,9H2,1H3,(H,19,20)(H,21,22). The molecule has 116 valence electrons. The predicted octanol–water partition coefficient (Wildman–Crippen LogP) is 4.36. The number of rotatable bonds is 7. The molecule has 4 heteroatoms. The third kappa shape index (κ3) is 3.27. The molecule has 0 spiro atoms. The number of hydrogen-bond acceptors (Lipinski definition) is 2. The largest absolute Gasteiger partial charge is 0.478 e. The van der Waals surface area contributed by atoms with Crippen LogP contribution in [0.15, 0.2) is 30.3 Å². The molecule has 0 radical (unpaired) electrons. The molecule has 0 heterocycles. The van der Waals surface area contributed by atoms with Gasteiger partial charge >= 0.3 is 11.9 Å². The van der Waals surface area contributed by atoms with E-state index in [4.69, 9.17) is 0 Å². The number of carboxylic acid groups (broad SMARTS) is 2. The molecule has 2 aromatic rings. The topological polar surface area (TPSA) is 74.6 Å². The average molecular weight is 300 g/mol. The first-order valence-electron chi connectivity index (χ1n) is 7.57. The van der Waals surface area contributed by atoms with E-state index in [-0.39, 0.29) is 11.1 Å². The molecule has 0 aromatic heterocycles. The third-order valence-corrected chi connectivity index (χ3v) is 3.86. The fourth-order valence-electron chi connectivity index (χ4n) is 2.81. The van der Waals surface area contributed by atoms with Crippen molar-refractivity contribution in [3.63, 3.8) is 0 Å². The third-order valence-electron chi connectivity index (χ3n) is 3.86. The van der Waals surface area contributed by atoms with E-state index in [9.17, 15) is 19.8 Å². The lowest BCUT2D eigenvalue weighted by Gasteiger charge is -2.13. The minimum Gasteiger partial charge on any atom is -0.478 e. The Bertz CT molecular complexity index is 704. The number of aryl methyl sites for hydroxylation is 1. The van der Waals surface area contributed by atoms with Crippen molar-refractivity contribution in [1.29, 1.82) is 0 Å². The number of unbranched alkanes of at least 4 members (excludes halogenated alkanes) is 3. The SMILES string of the molecule is CCCCCCc1cc2ccccc2c(C(=O)O)c1C(=O)O. The van der Waals surface area contributed by atoms with Crippen LogP contribution in [-0.2, 0) is 6.42 Å². The second-order valence-corrected chi connectivity index (χ2v) is 5.43. The van der Waals surface area contributed by atoms with Crippen molar-refractivity contribution < 1.29 is 19.8 Å². The Kier molecular flexibility index (Phi) is 5.15. The number of aromatic carboxylic acids is 2. The molecular weight excluding hydrogens is 280 g/mol. The van der Waals surface area contributed by atoms with Crippen molar-refractivity contribution in [2.75, 3.05) is 0 Å². The molecule has 2 N–H and O–H groups in total. The summed E-state index contributed by atoms with van der Waals surface area (Å²) in [4.78, 5) is 23.2. The molecule has 0 saturated heterocycles. The maximum atomic E-state index is 11.6. The molecule has 0 saturated carbocycles. The number of carbonyl (C=O) groups is 2. The average Bonchev–Trinajstić information content (AvgIpc) is 2.49. The molecule has 0 aliphatic heterocycles. The van der Waals surface area contributed by atoms with Crippen LogP contribution in [0, 0.1) is 0 Å². The number of hydrogen-bond donors (Lipinski definition) is 2. The van der Waals surface area contributed by atoms with Crippen molar-refractivity contribution in [2.45, 2.75) is 39.0 Å². The van der Waals surface area contributed by atoms with Crippen LogP contribution in [0.25, 0.3) is 10.8 Å². The molecule has 0 atom stereocenters. The summed E-state index contributed by atoms with van der Waals surface area (Å²) in [6.45, 7) is 2.11. The zero-order valence-corrected chi connectivity index (χ0v) is 12.6. The van der Waals surface area contributed by atoms with Crippen molar-refractivity contribution in [3.8, 4) is 0 Å². The van der Waals surface area contributed by atoms with E-state index in [0.717, 1.165) is 31.1 Å². The van der Waals surface area contributed by atoms with Gasteiger partial charge in [0.2, 0.25) is 0 Å². The predicted molar refractivity (Wildman–Crippen MR) is 85.7 cm³/mol. The van der Waals surface area contributed by atoms with Crippen LogP contribution in [0.4, 0.5) is 0 Å². The van der Waals surface area contributed by atoms with Gasteiger partial charge in [0.1, 0.15) is 0 Å². The summed E-state index contributed by atoms with van der Waals surface area (Å²) in [6.07, 6.45) is 4.68. The Morgan fingerprint density at radius 2 is 1.64 bits per heavy atom.